The smallest absolute Gasteiger partial charge is 0.183 e. The van der Waals surface area contributed by atoms with Crippen LogP contribution in [0.5, 0.6) is 0 Å². The summed E-state index contributed by atoms with van der Waals surface area (Å²) in [6, 6.07) is 3.85. The highest BCUT2D eigenvalue weighted by molar-refractivity contribution is 5.47. The standard InChI is InChI=1S/C14H15FN8/c1-9-19-20-12-2-3-13(21-23(9)12)22-6-10(7-22)4-17-14-11(15)5-16-8-18-14/h2-3,5,8,10H,4,6-7H2,1H3,(H,16,17,18). The quantitative estimate of drug-likeness (QED) is 0.766. The molecule has 0 radical (unpaired) electrons. The summed E-state index contributed by atoms with van der Waals surface area (Å²) in [4.78, 5) is 9.68. The van der Waals surface area contributed by atoms with Gasteiger partial charge in [0.05, 0.1) is 6.20 Å². The summed E-state index contributed by atoms with van der Waals surface area (Å²) in [6.45, 7) is 4.26. The van der Waals surface area contributed by atoms with Crippen LogP contribution >= 0.6 is 0 Å². The van der Waals surface area contributed by atoms with Gasteiger partial charge < -0.3 is 10.2 Å². The zero-order chi connectivity index (χ0) is 15.8. The number of nitrogens with one attached hydrogen (secondary N) is 1. The van der Waals surface area contributed by atoms with Gasteiger partial charge in [-0.25, -0.2) is 14.4 Å². The lowest BCUT2D eigenvalue weighted by Gasteiger charge is -2.40. The minimum absolute atomic E-state index is 0.248. The Hall–Kier alpha value is -2.84. The van der Waals surface area contributed by atoms with Crippen molar-refractivity contribution >= 4 is 17.3 Å². The van der Waals surface area contributed by atoms with Gasteiger partial charge in [0.15, 0.2) is 23.1 Å². The molecule has 3 aromatic rings. The minimum Gasteiger partial charge on any atom is -0.367 e. The zero-order valence-corrected chi connectivity index (χ0v) is 12.5. The molecule has 1 aliphatic rings. The van der Waals surface area contributed by atoms with Crippen molar-refractivity contribution in [3.05, 3.63) is 36.3 Å². The Morgan fingerprint density at radius 3 is 3.00 bits per heavy atom. The topological polar surface area (TPSA) is 84.1 Å². The summed E-state index contributed by atoms with van der Waals surface area (Å²) in [5.74, 6) is 1.89. The molecule has 23 heavy (non-hydrogen) atoms. The SMILES string of the molecule is Cc1nnc2ccc(N3CC(CNc4ncncc4F)C3)nn12. The summed E-state index contributed by atoms with van der Waals surface area (Å²) in [6.07, 6.45) is 2.49. The molecule has 4 heterocycles. The monoisotopic (exact) mass is 314 g/mol. The maximum Gasteiger partial charge on any atom is 0.183 e. The van der Waals surface area contributed by atoms with Crippen LogP contribution in [0.15, 0.2) is 24.7 Å². The Morgan fingerprint density at radius 2 is 2.17 bits per heavy atom. The van der Waals surface area contributed by atoms with Crippen LogP contribution in [0.3, 0.4) is 0 Å². The van der Waals surface area contributed by atoms with E-state index in [0.717, 1.165) is 36.6 Å². The van der Waals surface area contributed by atoms with Crippen molar-refractivity contribution < 1.29 is 4.39 Å². The molecule has 9 heteroatoms. The molecule has 4 rings (SSSR count). The molecule has 1 fully saturated rings. The highest BCUT2D eigenvalue weighted by Crippen LogP contribution is 2.23. The molecule has 0 spiro atoms. The number of hydrogen-bond donors (Lipinski definition) is 1. The van der Waals surface area contributed by atoms with Crippen LogP contribution in [0.25, 0.3) is 5.65 Å². The Bertz CT molecular complexity index is 842. The highest BCUT2D eigenvalue weighted by atomic mass is 19.1. The number of rotatable bonds is 4. The highest BCUT2D eigenvalue weighted by Gasteiger charge is 2.28. The predicted molar refractivity (Wildman–Crippen MR) is 81.7 cm³/mol. The van der Waals surface area contributed by atoms with Gasteiger partial charge in [0, 0.05) is 25.6 Å². The maximum atomic E-state index is 13.4. The van der Waals surface area contributed by atoms with Gasteiger partial charge in [0.25, 0.3) is 0 Å². The first-order valence-corrected chi connectivity index (χ1v) is 7.34. The third-order valence-corrected chi connectivity index (χ3v) is 3.91. The molecule has 0 aliphatic carbocycles. The van der Waals surface area contributed by atoms with Crippen LogP contribution in [-0.2, 0) is 0 Å². The van der Waals surface area contributed by atoms with E-state index < -0.39 is 5.82 Å². The number of anilines is 2. The average molecular weight is 314 g/mol. The van der Waals surface area contributed by atoms with Crippen molar-refractivity contribution in [1.82, 2.24) is 29.8 Å². The number of aryl methyl sites for hydroxylation is 1. The van der Waals surface area contributed by atoms with Gasteiger partial charge in [-0.1, -0.05) is 0 Å². The van der Waals surface area contributed by atoms with E-state index in [1.807, 2.05) is 19.1 Å². The average Bonchev–Trinajstić information content (AvgIpc) is 2.88. The second-order valence-corrected chi connectivity index (χ2v) is 5.58. The fourth-order valence-corrected chi connectivity index (χ4v) is 2.62. The lowest BCUT2D eigenvalue weighted by molar-refractivity contribution is 0.423. The third-order valence-electron chi connectivity index (χ3n) is 3.91. The van der Waals surface area contributed by atoms with Crippen LogP contribution in [-0.4, -0.2) is 49.4 Å². The number of fused-ring (bicyclic) bond motifs is 1. The molecule has 0 bridgehead atoms. The molecule has 118 valence electrons. The summed E-state index contributed by atoms with van der Waals surface area (Å²) >= 11 is 0. The van der Waals surface area contributed by atoms with E-state index in [-0.39, 0.29) is 5.82 Å². The van der Waals surface area contributed by atoms with Crippen molar-refractivity contribution in [1.29, 1.82) is 0 Å². The van der Waals surface area contributed by atoms with Gasteiger partial charge in [-0.2, -0.15) is 4.52 Å². The van der Waals surface area contributed by atoms with E-state index in [4.69, 9.17) is 0 Å². The molecule has 0 amide bonds. The largest absolute Gasteiger partial charge is 0.367 e. The molecule has 0 saturated carbocycles. The van der Waals surface area contributed by atoms with Gasteiger partial charge in [0.1, 0.15) is 12.1 Å². The number of nitrogens with zero attached hydrogens (tertiary/aromatic N) is 7. The molecule has 0 atom stereocenters. The molecular weight excluding hydrogens is 299 g/mol. The van der Waals surface area contributed by atoms with Crippen LogP contribution in [0.4, 0.5) is 16.0 Å². The number of hydrogen-bond acceptors (Lipinski definition) is 7. The molecular formula is C14H15FN8. The Labute approximate surface area is 131 Å². The minimum atomic E-state index is -0.432. The van der Waals surface area contributed by atoms with E-state index >= 15 is 0 Å². The van der Waals surface area contributed by atoms with Crippen molar-refractivity contribution in [2.75, 3.05) is 29.9 Å². The van der Waals surface area contributed by atoms with E-state index in [2.05, 4.69) is 35.5 Å². The molecule has 1 saturated heterocycles. The molecule has 1 aliphatic heterocycles. The zero-order valence-electron chi connectivity index (χ0n) is 12.5. The third kappa shape index (κ3) is 2.54. The lowest BCUT2D eigenvalue weighted by Crippen LogP contribution is -2.50. The van der Waals surface area contributed by atoms with Crippen molar-refractivity contribution in [2.45, 2.75) is 6.92 Å². The second-order valence-electron chi connectivity index (χ2n) is 5.58. The second kappa shape index (κ2) is 5.41. The fourth-order valence-electron chi connectivity index (χ4n) is 2.62. The van der Waals surface area contributed by atoms with E-state index in [1.165, 1.54) is 6.33 Å². The first kappa shape index (κ1) is 13.8. The van der Waals surface area contributed by atoms with Gasteiger partial charge in [-0.05, 0) is 19.1 Å². The fraction of sp³-hybridized carbons (Fsp3) is 0.357. The molecule has 0 unspecified atom stereocenters. The van der Waals surface area contributed by atoms with E-state index in [9.17, 15) is 4.39 Å². The first-order valence-electron chi connectivity index (χ1n) is 7.34. The summed E-state index contributed by atoms with van der Waals surface area (Å²) in [5, 5.41) is 15.6. The number of halogens is 1. The Balaban J connectivity index is 1.37. The van der Waals surface area contributed by atoms with Crippen molar-refractivity contribution in [2.24, 2.45) is 5.92 Å². The maximum absolute atomic E-state index is 13.4. The predicted octanol–water partition coefficient (Wildman–Crippen LogP) is 0.910. The summed E-state index contributed by atoms with van der Waals surface area (Å²) < 4.78 is 15.2. The molecule has 1 N–H and O–H groups in total. The van der Waals surface area contributed by atoms with Gasteiger partial charge in [-0.15, -0.1) is 15.3 Å². The van der Waals surface area contributed by atoms with Crippen molar-refractivity contribution in [3.8, 4) is 0 Å². The first-order chi connectivity index (χ1) is 11.2. The Kier molecular flexibility index (Phi) is 3.25. The van der Waals surface area contributed by atoms with E-state index in [1.54, 1.807) is 4.52 Å². The van der Waals surface area contributed by atoms with Crippen LogP contribution in [0, 0.1) is 18.7 Å². The van der Waals surface area contributed by atoms with Gasteiger partial charge >= 0.3 is 0 Å². The van der Waals surface area contributed by atoms with E-state index in [0.29, 0.717) is 12.5 Å². The van der Waals surface area contributed by atoms with Crippen LogP contribution in [0.2, 0.25) is 0 Å². The van der Waals surface area contributed by atoms with Crippen LogP contribution < -0.4 is 10.2 Å². The summed E-state index contributed by atoms with van der Waals surface area (Å²) in [5.41, 5.74) is 0.740. The van der Waals surface area contributed by atoms with Gasteiger partial charge in [0.2, 0.25) is 0 Å². The Morgan fingerprint density at radius 1 is 1.30 bits per heavy atom. The molecule has 0 aromatic carbocycles. The number of aromatic nitrogens is 6. The lowest BCUT2D eigenvalue weighted by atomic mass is 10.0. The molecule has 3 aromatic heterocycles. The van der Waals surface area contributed by atoms with Crippen molar-refractivity contribution in [3.63, 3.8) is 0 Å². The normalized spacial score (nSPS) is 15.0. The van der Waals surface area contributed by atoms with Crippen LogP contribution in [0.1, 0.15) is 5.82 Å². The molecule has 8 nitrogen and oxygen atoms in total. The van der Waals surface area contributed by atoms with Gasteiger partial charge in [-0.3, -0.25) is 0 Å². The summed E-state index contributed by atoms with van der Waals surface area (Å²) in [7, 11) is 0.